The number of nitrogens with zero attached hydrogens (tertiary/aromatic N) is 1. The molecule has 1 amide bonds. The van der Waals surface area contributed by atoms with Crippen LogP contribution in [-0.4, -0.2) is 17.4 Å². The van der Waals surface area contributed by atoms with E-state index in [2.05, 4.69) is 10.3 Å². The Morgan fingerprint density at radius 1 is 1.18 bits per heavy atom. The molecule has 0 bridgehead atoms. The lowest BCUT2D eigenvalue weighted by atomic mass is 10.1. The van der Waals surface area contributed by atoms with Crippen molar-refractivity contribution in [3.63, 3.8) is 0 Å². The largest absolute Gasteiger partial charge is 0.443 e. The van der Waals surface area contributed by atoms with E-state index >= 15 is 0 Å². The van der Waals surface area contributed by atoms with Crippen LogP contribution in [0.2, 0.25) is 0 Å². The number of oxazole rings is 1. The molecule has 0 saturated carbocycles. The summed E-state index contributed by atoms with van der Waals surface area (Å²) >= 11 is 0. The molecule has 0 saturated heterocycles. The smallest absolute Gasteiger partial charge is 0.224 e. The number of nitrogens with one attached hydrogen (secondary N) is 1. The maximum absolute atomic E-state index is 11.9. The Hall–Kier alpha value is -2.62. The molecule has 1 aromatic heterocycles. The minimum Gasteiger partial charge on any atom is -0.443 e. The van der Waals surface area contributed by atoms with Gasteiger partial charge in [0.05, 0.1) is 6.42 Å². The van der Waals surface area contributed by atoms with Crippen LogP contribution in [0, 0.1) is 6.92 Å². The summed E-state index contributed by atoms with van der Waals surface area (Å²) in [6.45, 7) is 2.64. The van der Waals surface area contributed by atoms with E-state index in [9.17, 15) is 4.79 Å². The van der Waals surface area contributed by atoms with Gasteiger partial charge in [0.1, 0.15) is 5.52 Å². The lowest BCUT2D eigenvalue weighted by molar-refractivity contribution is -0.120. The van der Waals surface area contributed by atoms with E-state index in [1.807, 2.05) is 49.4 Å². The van der Waals surface area contributed by atoms with Crippen LogP contribution in [0.25, 0.3) is 11.1 Å². The highest BCUT2D eigenvalue weighted by molar-refractivity contribution is 5.78. The van der Waals surface area contributed by atoms with Gasteiger partial charge in [0.25, 0.3) is 0 Å². The summed E-state index contributed by atoms with van der Waals surface area (Å²) < 4.78 is 5.28. The van der Waals surface area contributed by atoms with Crippen molar-refractivity contribution in [1.82, 2.24) is 10.3 Å². The molecular weight excluding hydrogens is 276 g/mol. The van der Waals surface area contributed by atoms with Crippen LogP contribution in [0.5, 0.6) is 0 Å². The van der Waals surface area contributed by atoms with Gasteiger partial charge in [-0.15, -0.1) is 0 Å². The van der Waals surface area contributed by atoms with Crippen LogP contribution in [0.15, 0.2) is 53.3 Å². The van der Waals surface area contributed by atoms with Crippen molar-refractivity contribution in [3.8, 4) is 0 Å². The van der Waals surface area contributed by atoms with Gasteiger partial charge < -0.3 is 9.73 Å². The summed E-state index contributed by atoms with van der Waals surface area (Å²) in [6, 6.07) is 13.9. The van der Waals surface area contributed by atoms with Crippen molar-refractivity contribution in [3.05, 3.63) is 65.5 Å². The zero-order valence-corrected chi connectivity index (χ0v) is 12.5. The SMILES string of the molecule is Cc1cccc(CC(=O)NCCc2ccc3ncoc3c2)c1. The molecule has 2 aromatic carbocycles. The average Bonchev–Trinajstić information content (AvgIpc) is 2.95. The fourth-order valence-corrected chi connectivity index (χ4v) is 2.47. The molecule has 0 aliphatic heterocycles. The molecule has 0 atom stereocenters. The van der Waals surface area contributed by atoms with Crippen LogP contribution < -0.4 is 5.32 Å². The highest BCUT2D eigenvalue weighted by atomic mass is 16.3. The molecule has 0 unspecified atom stereocenters. The lowest BCUT2D eigenvalue weighted by Gasteiger charge is -2.06. The molecule has 4 nitrogen and oxygen atoms in total. The number of hydrogen-bond acceptors (Lipinski definition) is 3. The molecule has 0 aliphatic carbocycles. The second-order valence-corrected chi connectivity index (χ2v) is 5.42. The monoisotopic (exact) mass is 294 g/mol. The van der Waals surface area contributed by atoms with Gasteiger partial charge in [-0.05, 0) is 36.6 Å². The van der Waals surface area contributed by atoms with E-state index in [1.54, 1.807) is 0 Å². The van der Waals surface area contributed by atoms with E-state index in [0.717, 1.165) is 28.6 Å². The molecule has 0 radical (unpaired) electrons. The van der Waals surface area contributed by atoms with Crippen molar-refractivity contribution in [2.24, 2.45) is 0 Å². The van der Waals surface area contributed by atoms with E-state index in [0.29, 0.717) is 13.0 Å². The van der Waals surface area contributed by atoms with Gasteiger partial charge in [-0.2, -0.15) is 0 Å². The maximum Gasteiger partial charge on any atom is 0.224 e. The molecule has 22 heavy (non-hydrogen) atoms. The molecule has 0 spiro atoms. The minimum absolute atomic E-state index is 0.0475. The Bertz CT molecular complexity index is 792. The Morgan fingerprint density at radius 3 is 2.95 bits per heavy atom. The standard InChI is InChI=1S/C18H18N2O2/c1-13-3-2-4-15(9-13)11-18(21)19-8-7-14-5-6-16-17(10-14)22-12-20-16/h2-6,9-10,12H,7-8,11H2,1H3,(H,19,21). The third-order valence-corrected chi connectivity index (χ3v) is 3.58. The number of hydrogen-bond donors (Lipinski definition) is 1. The van der Waals surface area contributed by atoms with E-state index in [-0.39, 0.29) is 5.91 Å². The first-order valence-corrected chi connectivity index (χ1v) is 7.35. The van der Waals surface area contributed by atoms with Gasteiger partial charge >= 0.3 is 0 Å². The molecular formula is C18H18N2O2. The highest BCUT2D eigenvalue weighted by Gasteiger charge is 2.04. The van der Waals surface area contributed by atoms with Gasteiger partial charge in [-0.3, -0.25) is 4.79 Å². The van der Waals surface area contributed by atoms with E-state index < -0.39 is 0 Å². The van der Waals surface area contributed by atoms with Crippen LogP contribution in [-0.2, 0) is 17.6 Å². The number of benzene rings is 2. The maximum atomic E-state index is 11.9. The average molecular weight is 294 g/mol. The number of rotatable bonds is 5. The number of amides is 1. The van der Waals surface area contributed by atoms with Crippen LogP contribution in [0.4, 0.5) is 0 Å². The number of aryl methyl sites for hydroxylation is 1. The summed E-state index contributed by atoms with van der Waals surface area (Å²) in [5.41, 5.74) is 4.97. The first-order valence-electron chi connectivity index (χ1n) is 7.35. The molecule has 112 valence electrons. The summed E-state index contributed by atoms with van der Waals surface area (Å²) in [5, 5.41) is 2.96. The minimum atomic E-state index is 0.0475. The second-order valence-electron chi connectivity index (χ2n) is 5.42. The summed E-state index contributed by atoms with van der Waals surface area (Å²) in [4.78, 5) is 16.0. The fraction of sp³-hybridized carbons (Fsp3) is 0.222. The van der Waals surface area contributed by atoms with Crippen LogP contribution in [0.1, 0.15) is 16.7 Å². The van der Waals surface area contributed by atoms with Crippen molar-refractivity contribution in [2.45, 2.75) is 19.8 Å². The van der Waals surface area contributed by atoms with Gasteiger partial charge in [0.2, 0.25) is 5.91 Å². The van der Waals surface area contributed by atoms with E-state index in [1.165, 1.54) is 12.0 Å². The Balaban J connectivity index is 1.50. The van der Waals surface area contributed by atoms with E-state index in [4.69, 9.17) is 4.42 Å². The van der Waals surface area contributed by atoms with Crippen molar-refractivity contribution < 1.29 is 9.21 Å². The first-order chi connectivity index (χ1) is 10.7. The molecule has 3 aromatic rings. The Morgan fingerprint density at radius 2 is 2.09 bits per heavy atom. The van der Waals surface area contributed by atoms with Gasteiger partial charge in [-0.1, -0.05) is 35.9 Å². The normalized spacial score (nSPS) is 10.8. The summed E-state index contributed by atoms with van der Waals surface area (Å²) in [6.07, 6.45) is 2.64. The topological polar surface area (TPSA) is 55.1 Å². The van der Waals surface area contributed by atoms with Crippen LogP contribution >= 0.6 is 0 Å². The number of aromatic nitrogens is 1. The zero-order chi connectivity index (χ0) is 15.4. The third kappa shape index (κ3) is 3.52. The molecule has 0 fully saturated rings. The third-order valence-electron chi connectivity index (χ3n) is 3.58. The molecule has 3 rings (SSSR count). The van der Waals surface area contributed by atoms with Crippen molar-refractivity contribution in [1.29, 1.82) is 0 Å². The van der Waals surface area contributed by atoms with Crippen molar-refractivity contribution in [2.75, 3.05) is 6.54 Å². The number of carbonyl (C=O) groups excluding carboxylic acids is 1. The molecule has 0 aliphatic rings. The molecule has 1 N–H and O–H groups in total. The van der Waals surface area contributed by atoms with Gasteiger partial charge in [0, 0.05) is 6.54 Å². The quantitative estimate of drug-likeness (QED) is 0.787. The Kier molecular flexibility index (Phi) is 4.19. The van der Waals surface area contributed by atoms with Gasteiger partial charge in [0.15, 0.2) is 12.0 Å². The summed E-state index contributed by atoms with van der Waals surface area (Å²) in [5.74, 6) is 0.0475. The highest BCUT2D eigenvalue weighted by Crippen LogP contribution is 2.14. The predicted octanol–water partition coefficient (Wildman–Crippen LogP) is 3.04. The second kappa shape index (κ2) is 6.43. The molecule has 1 heterocycles. The lowest BCUT2D eigenvalue weighted by Crippen LogP contribution is -2.27. The summed E-state index contributed by atoms with van der Waals surface area (Å²) in [7, 11) is 0. The first kappa shape index (κ1) is 14.3. The Labute approximate surface area is 129 Å². The number of fused-ring (bicyclic) bond motifs is 1. The van der Waals surface area contributed by atoms with Gasteiger partial charge in [-0.25, -0.2) is 4.98 Å². The predicted molar refractivity (Wildman–Crippen MR) is 85.6 cm³/mol. The zero-order valence-electron chi connectivity index (χ0n) is 12.5. The number of carbonyl (C=O) groups is 1. The fourth-order valence-electron chi connectivity index (χ4n) is 2.47. The van der Waals surface area contributed by atoms with Crippen molar-refractivity contribution >= 4 is 17.0 Å². The van der Waals surface area contributed by atoms with Crippen LogP contribution in [0.3, 0.4) is 0 Å². The molecule has 4 heteroatoms.